The number of aryl methyl sites for hydroxylation is 1. The van der Waals surface area contributed by atoms with Crippen molar-refractivity contribution in [2.45, 2.75) is 19.9 Å². The van der Waals surface area contributed by atoms with Gasteiger partial charge in [-0.3, -0.25) is 14.4 Å². The fourth-order valence-electron chi connectivity index (χ4n) is 2.56. The summed E-state index contributed by atoms with van der Waals surface area (Å²) in [5.41, 5.74) is 0.959. The topological polar surface area (TPSA) is 100 Å². The van der Waals surface area contributed by atoms with Gasteiger partial charge in [-0.2, -0.15) is 0 Å². The van der Waals surface area contributed by atoms with Crippen LogP contribution in [0.3, 0.4) is 0 Å². The van der Waals surface area contributed by atoms with Crippen LogP contribution in [0, 0.1) is 11.7 Å². The first-order valence-electron chi connectivity index (χ1n) is 7.76. The van der Waals surface area contributed by atoms with E-state index in [1.165, 1.54) is 12.1 Å². The quantitative estimate of drug-likeness (QED) is 0.731. The second-order valence-electron chi connectivity index (χ2n) is 6.10. The third-order valence-corrected chi connectivity index (χ3v) is 3.89. The molecular formula is C17H20FN3O4. The molecule has 0 aliphatic heterocycles. The molecule has 0 aliphatic rings. The van der Waals surface area contributed by atoms with E-state index in [1.807, 2.05) is 0 Å². The molecule has 3 N–H and O–H groups in total. The zero-order chi connectivity index (χ0) is 18.7. The Morgan fingerprint density at radius 2 is 1.92 bits per heavy atom. The van der Waals surface area contributed by atoms with Crippen LogP contribution in [0.1, 0.15) is 24.3 Å². The third kappa shape index (κ3) is 4.14. The van der Waals surface area contributed by atoms with Crippen molar-refractivity contribution in [3.63, 3.8) is 0 Å². The van der Waals surface area contributed by atoms with Crippen molar-refractivity contribution in [1.82, 2.24) is 15.2 Å². The van der Waals surface area contributed by atoms with Crippen molar-refractivity contribution in [1.29, 1.82) is 0 Å². The van der Waals surface area contributed by atoms with Crippen molar-refractivity contribution in [2.24, 2.45) is 13.0 Å². The number of carboxylic acid groups (broad SMARTS) is 1. The Bertz CT molecular complexity index is 829. The van der Waals surface area contributed by atoms with E-state index in [4.69, 9.17) is 5.11 Å². The van der Waals surface area contributed by atoms with Crippen LogP contribution in [-0.4, -0.2) is 40.0 Å². The van der Waals surface area contributed by atoms with Gasteiger partial charge in [-0.1, -0.05) is 13.8 Å². The Balaban J connectivity index is 2.22. The zero-order valence-corrected chi connectivity index (χ0v) is 14.2. The first-order chi connectivity index (χ1) is 11.7. The molecule has 1 aromatic carbocycles. The van der Waals surface area contributed by atoms with Crippen LogP contribution in [0.5, 0.6) is 0 Å². The van der Waals surface area contributed by atoms with E-state index in [2.05, 4.69) is 10.6 Å². The van der Waals surface area contributed by atoms with Gasteiger partial charge in [-0.05, 0) is 30.2 Å². The SMILES string of the molecule is CC(C)C(NC(=O)c1cc2cc(F)ccc2n1C)C(=O)NCC(=O)O. The molecule has 1 aromatic heterocycles. The average molecular weight is 349 g/mol. The number of rotatable bonds is 6. The zero-order valence-electron chi connectivity index (χ0n) is 14.2. The fraction of sp³-hybridized carbons (Fsp3) is 0.353. The summed E-state index contributed by atoms with van der Waals surface area (Å²) in [7, 11) is 1.67. The van der Waals surface area contributed by atoms with Crippen molar-refractivity contribution in [3.8, 4) is 0 Å². The average Bonchev–Trinajstić information content (AvgIpc) is 2.86. The molecule has 2 amide bonds. The number of aliphatic carboxylic acids is 1. The van der Waals surface area contributed by atoms with Crippen LogP contribution in [0.4, 0.5) is 4.39 Å². The van der Waals surface area contributed by atoms with Crippen molar-refractivity contribution in [2.75, 3.05) is 6.54 Å². The molecule has 0 saturated carbocycles. The van der Waals surface area contributed by atoms with Crippen LogP contribution in [0.2, 0.25) is 0 Å². The van der Waals surface area contributed by atoms with Crippen molar-refractivity contribution < 1.29 is 23.9 Å². The van der Waals surface area contributed by atoms with E-state index in [9.17, 15) is 18.8 Å². The van der Waals surface area contributed by atoms with E-state index in [-0.39, 0.29) is 11.6 Å². The Kier molecular flexibility index (Phi) is 5.41. The van der Waals surface area contributed by atoms with Crippen LogP contribution in [0.25, 0.3) is 10.9 Å². The maximum absolute atomic E-state index is 13.3. The number of aromatic nitrogens is 1. The molecule has 8 heteroatoms. The predicted octanol–water partition coefficient (Wildman–Crippen LogP) is 1.27. The Labute approximate surface area is 143 Å². The summed E-state index contributed by atoms with van der Waals surface area (Å²) in [5.74, 6) is -2.89. The predicted molar refractivity (Wildman–Crippen MR) is 89.6 cm³/mol. The monoisotopic (exact) mass is 349 g/mol. The second-order valence-corrected chi connectivity index (χ2v) is 6.10. The molecule has 2 aromatic rings. The van der Waals surface area contributed by atoms with Gasteiger partial charge in [-0.15, -0.1) is 0 Å². The lowest BCUT2D eigenvalue weighted by atomic mass is 10.0. The van der Waals surface area contributed by atoms with E-state index in [0.717, 1.165) is 0 Å². The van der Waals surface area contributed by atoms with Gasteiger partial charge in [-0.25, -0.2) is 4.39 Å². The van der Waals surface area contributed by atoms with Crippen molar-refractivity contribution >= 4 is 28.7 Å². The molecule has 0 radical (unpaired) electrons. The molecule has 1 atom stereocenters. The maximum Gasteiger partial charge on any atom is 0.322 e. The van der Waals surface area contributed by atoms with E-state index in [1.54, 1.807) is 37.6 Å². The van der Waals surface area contributed by atoms with Crippen LogP contribution in [0.15, 0.2) is 24.3 Å². The Hall–Kier alpha value is -2.90. The molecule has 0 spiro atoms. The smallest absolute Gasteiger partial charge is 0.322 e. The minimum Gasteiger partial charge on any atom is -0.480 e. The number of nitrogens with one attached hydrogen (secondary N) is 2. The minimum atomic E-state index is -1.17. The van der Waals surface area contributed by atoms with Crippen LogP contribution >= 0.6 is 0 Å². The lowest BCUT2D eigenvalue weighted by Crippen LogP contribution is -2.50. The van der Waals surface area contributed by atoms with Gasteiger partial charge in [0.25, 0.3) is 5.91 Å². The number of carboxylic acids is 1. The molecule has 1 unspecified atom stereocenters. The highest BCUT2D eigenvalue weighted by Gasteiger charge is 2.26. The van der Waals surface area contributed by atoms with Gasteiger partial charge in [0, 0.05) is 18.0 Å². The molecule has 2 rings (SSSR count). The standard InChI is InChI=1S/C17H20FN3O4/c1-9(2)15(17(25)19-8-14(22)23)20-16(24)13-7-10-6-11(18)4-5-12(10)21(13)3/h4-7,9,15H,8H2,1-3H3,(H,19,25)(H,20,24)(H,22,23). The minimum absolute atomic E-state index is 0.245. The molecule has 0 saturated heterocycles. The highest BCUT2D eigenvalue weighted by molar-refractivity contribution is 6.01. The summed E-state index contributed by atoms with van der Waals surface area (Å²) < 4.78 is 14.9. The molecule has 1 heterocycles. The normalized spacial score (nSPS) is 12.2. The first-order valence-corrected chi connectivity index (χ1v) is 7.76. The number of carbonyl (C=O) groups excluding carboxylic acids is 2. The number of halogens is 1. The lowest BCUT2D eigenvalue weighted by Gasteiger charge is -2.21. The second kappa shape index (κ2) is 7.33. The summed E-state index contributed by atoms with van der Waals surface area (Å²) >= 11 is 0. The van der Waals surface area contributed by atoms with Gasteiger partial charge >= 0.3 is 5.97 Å². The lowest BCUT2D eigenvalue weighted by molar-refractivity contribution is -0.138. The number of hydrogen-bond donors (Lipinski definition) is 3. The van der Waals surface area contributed by atoms with Crippen molar-refractivity contribution in [3.05, 3.63) is 35.8 Å². The number of carbonyl (C=O) groups is 3. The van der Waals surface area contributed by atoms with Gasteiger partial charge < -0.3 is 20.3 Å². The Morgan fingerprint density at radius 3 is 2.52 bits per heavy atom. The Morgan fingerprint density at radius 1 is 1.24 bits per heavy atom. The first kappa shape index (κ1) is 18.4. The van der Waals surface area contributed by atoms with Gasteiger partial charge in [0.1, 0.15) is 24.1 Å². The molecule has 0 aliphatic carbocycles. The number of fused-ring (bicyclic) bond motifs is 1. The summed E-state index contributed by atoms with van der Waals surface area (Å²) in [6.07, 6.45) is 0. The fourth-order valence-corrected chi connectivity index (χ4v) is 2.56. The molecule has 0 bridgehead atoms. The number of amides is 2. The highest BCUT2D eigenvalue weighted by Crippen LogP contribution is 2.20. The van der Waals surface area contributed by atoms with E-state index in [0.29, 0.717) is 10.9 Å². The molecule has 25 heavy (non-hydrogen) atoms. The van der Waals surface area contributed by atoms with E-state index < -0.39 is 36.2 Å². The largest absolute Gasteiger partial charge is 0.480 e. The highest BCUT2D eigenvalue weighted by atomic mass is 19.1. The van der Waals surface area contributed by atoms with Gasteiger partial charge in [0.15, 0.2) is 0 Å². The van der Waals surface area contributed by atoms with Crippen LogP contribution in [-0.2, 0) is 16.6 Å². The summed E-state index contributed by atoms with van der Waals surface area (Å²) in [6.45, 7) is 2.95. The molecule has 7 nitrogen and oxygen atoms in total. The molecular weight excluding hydrogens is 329 g/mol. The van der Waals surface area contributed by atoms with E-state index >= 15 is 0 Å². The summed E-state index contributed by atoms with van der Waals surface area (Å²) in [6, 6.07) is 4.86. The maximum atomic E-state index is 13.3. The summed E-state index contributed by atoms with van der Waals surface area (Å²) in [5, 5.41) is 14.1. The number of nitrogens with zero attached hydrogens (tertiary/aromatic N) is 1. The van der Waals surface area contributed by atoms with Gasteiger partial charge in [0.05, 0.1) is 0 Å². The summed E-state index contributed by atoms with van der Waals surface area (Å²) in [4.78, 5) is 35.2. The number of hydrogen-bond acceptors (Lipinski definition) is 3. The molecule has 134 valence electrons. The van der Waals surface area contributed by atoms with Gasteiger partial charge in [0.2, 0.25) is 5.91 Å². The molecule has 0 fully saturated rings. The number of benzene rings is 1. The third-order valence-electron chi connectivity index (χ3n) is 3.89. The van der Waals surface area contributed by atoms with Crippen LogP contribution < -0.4 is 10.6 Å².